The number of anilines is 2. The van der Waals surface area contributed by atoms with Gasteiger partial charge in [0.2, 0.25) is 6.54 Å². The monoisotopic (exact) mass is 631 g/mol. The van der Waals surface area contributed by atoms with Crippen LogP contribution in [0.5, 0.6) is 6.01 Å². The minimum atomic E-state index is -1.01. The first-order valence-corrected chi connectivity index (χ1v) is 16.0. The Morgan fingerprint density at radius 1 is 1.20 bits per heavy atom. The molecule has 1 atom stereocenters. The SMILES string of the molecule is [C-]#[N+]C[C@H]1CN(c2nc(OCCN(C)C3(C)CCC3)nc3c2CCN(c2cccc4cccc(Cl)c24)C3)CCN1C(=O)C(=C)F. The lowest BCUT2D eigenvalue weighted by Gasteiger charge is -2.46. The Hall–Kier alpha value is -3.94. The fraction of sp³-hybridized carbons (Fsp3) is 0.471. The number of halogens is 2. The molecular formula is C34H39ClFN7O2. The van der Waals surface area contributed by atoms with Crippen LogP contribution in [0.4, 0.5) is 15.9 Å². The van der Waals surface area contributed by atoms with Gasteiger partial charge in [0.1, 0.15) is 18.5 Å². The number of ether oxygens (including phenoxy) is 1. The highest BCUT2D eigenvalue weighted by molar-refractivity contribution is 6.36. The molecule has 0 spiro atoms. The number of aromatic nitrogens is 2. The second-order valence-electron chi connectivity index (χ2n) is 12.5. The summed E-state index contributed by atoms with van der Waals surface area (Å²) in [6.45, 7) is 16.6. The molecular weight excluding hydrogens is 593 g/mol. The molecule has 1 amide bonds. The molecule has 1 aliphatic carbocycles. The van der Waals surface area contributed by atoms with Crippen molar-refractivity contribution >= 4 is 39.8 Å². The van der Waals surface area contributed by atoms with Crippen LogP contribution >= 0.6 is 11.6 Å². The average Bonchev–Trinajstić information content (AvgIpc) is 3.02. The van der Waals surface area contributed by atoms with E-state index in [1.54, 1.807) is 0 Å². The van der Waals surface area contributed by atoms with Crippen LogP contribution in [0.25, 0.3) is 15.6 Å². The van der Waals surface area contributed by atoms with Gasteiger partial charge in [-0.25, -0.2) is 11.0 Å². The summed E-state index contributed by atoms with van der Waals surface area (Å²) in [6, 6.07) is 12.0. The zero-order valence-corrected chi connectivity index (χ0v) is 26.7. The quantitative estimate of drug-likeness (QED) is 0.228. The van der Waals surface area contributed by atoms with Crippen molar-refractivity contribution < 1.29 is 13.9 Å². The van der Waals surface area contributed by atoms with E-state index in [2.05, 4.69) is 58.3 Å². The van der Waals surface area contributed by atoms with Gasteiger partial charge in [0, 0.05) is 54.9 Å². The van der Waals surface area contributed by atoms with E-state index < -0.39 is 17.8 Å². The van der Waals surface area contributed by atoms with Crippen LogP contribution in [-0.4, -0.2) is 90.2 Å². The maximum atomic E-state index is 13.8. The van der Waals surface area contributed by atoms with Gasteiger partial charge in [-0.3, -0.25) is 9.69 Å². The normalized spacial score (nSPS) is 19.2. The van der Waals surface area contributed by atoms with Crippen molar-refractivity contribution in [2.24, 2.45) is 0 Å². The molecule has 0 radical (unpaired) electrons. The summed E-state index contributed by atoms with van der Waals surface area (Å²) in [6.07, 6.45) is 4.32. The van der Waals surface area contributed by atoms with Crippen molar-refractivity contribution in [3.63, 3.8) is 0 Å². The summed E-state index contributed by atoms with van der Waals surface area (Å²) in [7, 11) is 2.14. The molecule has 0 unspecified atom stereocenters. The van der Waals surface area contributed by atoms with Crippen molar-refractivity contribution in [1.29, 1.82) is 0 Å². The molecule has 3 aliphatic rings. The molecule has 2 aromatic carbocycles. The van der Waals surface area contributed by atoms with E-state index in [0.29, 0.717) is 43.7 Å². The highest BCUT2D eigenvalue weighted by Crippen LogP contribution is 2.38. The number of hydrogen-bond acceptors (Lipinski definition) is 7. The number of rotatable bonds is 9. The topological polar surface area (TPSA) is 69.4 Å². The molecule has 1 aromatic heterocycles. The summed E-state index contributed by atoms with van der Waals surface area (Å²) in [4.78, 5) is 34.1. The van der Waals surface area contributed by atoms with E-state index in [-0.39, 0.29) is 18.6 Å². The fourth-order valence-corrected chi connectivity index (χ4v) is 7.09. The van der Waals surface area contributed by atoms with Gasteiger partial charge >= 0.3 is 6.01 Å². The highest BCUT2D eigenvalue weighted by Gasteiger charge is 2.37. The van der Waals surface area contributed by atoms with Crippen molar-refractivity contribution in [1.82, 2.24) is 19.8 Å². The molecule has 6 rings (SSSR count). The first-order valence-electron chi connectivity index (χ1n) is 15.6. The second kappa shape index (κ2) is 12.8. The zero-order chi connectivity index (χ0) is 31.7. The van der Waals surface area contributed by atoms with Gasteiger partial charge in [-0.05, 0) is 57.2 Å². The Balaban J connectivity index is 1.31. The first kappa shape index (κ1) is 31.1. The largest absolute Gasteiger partial charge is 0.462 e. The number of likely N-dealkylation sites (N-methyl/N-ethyl adjacent to an activating group) is 1. The van der Waals surface area contributed by atoms with Crippen molar-refractivity contribution in [2.75, 3.05) is 62.7 Å². The van der Waals surface area contributed by atoms with E-state index in [1.165, 1.54) is 24.2 Å². The number of carbonyl (C=O) groups excluding carboxylic acids is 1. The van der Waals surface area contributed by atoms with Crippen LogP contribution in [0.3, 0.4) is 0 Å². The van der Waals surface area contributed by atoms with Crippen LogP contribution in [0.15, 0.2) is 48.8 Å². The molecule has 236 valence electrons. The van der Waals surface area contributed by atoms with Crippen LogP contribution in [0, 0.1) is 6.57 Å². The van der Waals surface area contributed by atoms with Crippen molar-refractivity contribution in [2.45, 2.75) is 50.7 Å². The predicted molar refractivity (Wildman–Crippen MR) is 176 cm³/mol. The summed E-state index contributed by atoms with van der Waals surface area (Å²) >= 11 is 6.70. The minimum Gasteiger partial charge on any atom is -0.462 e. The van der Waals surface area contributed by atoms with Crippen molar-refractivity contribution in [3.8, 4) is 6.01 Å². The number of fused-ring (bicyclic) bond motifs is 2. The molecule has 1 saturated carbocycles. The second-order valence-corrected chi connectivity index (χ2v) is 12.9. The lowest BCUT2D eigenvalue weighted by atomic mass is 9.77. The summed E-state index contributed by atoms with van der Waals surface area (Å²) < 4.78 is 20.1. The molecule has 9 nitrogen and oxygen atoms in total. The van der Waals surface area contributed by atoms with E-state index in [0.717, 1.165) is 46.6 Å². The van der Waals surface area contributed by atoms with E-state index in [9.17, 15) is 9.18 Å². The molecule has 2 aliphatic heterocycles. The minimum absolute atomic E-state index is 0.0624. The first-order chi connectivity index (χ1) is 21.7. The van der Waals surface area contributed by atoms with E-state index in [4.69, 9.17) is 32.9 Å². The van der Waals surface area contributed by atoms with Gasteiger partial charge in [0.15, 0.2) is 5.83 Å². The van der Waals surface area contributed by atoms with Gasteiger partial charge in [-0.2, -0.15) is 9.97 Å². The number of hydrogen-bond donors (Lipinski definition) is 0. The van der Waals surface area contributed by atoms with Gasteiger partial charge in [0.05, 0.1) is 17.3 Å². The molecule has 45 heavy (non-hydrogen) atoms. The van der Waals surface area contributed by atoms with Crippen LogP contribution in [-0.2, 0) is 17.8 Å². The Morgan fingerprint density at radius 2 is 1.98 bits per heavy atom. The van der Waals surface area contributed by atoms with E-state index >= 15 is 0 Å². The third-order valence-electron chi connectivity index (χ3n) is 9.78. The maximum Gasteiger partial charge on any atom is 0.318 e. The van der Waals surface area contributed by atoms with Gasteiger partial charge in [0.25, 0.3) is 5.91 Å². The standard InChI is InChI=1S/C34H39ClFN7O2/c1-23(36)32(44)43-17-16-42(21-25(43)20-37-3)31-26-12-15-41(29-11-6-9-24-8-5-10-27(35)30(24)29)22-28(26)38-33(39-31)45-19-18-40(4)34(2)13-7-14-34/h5-6,8-11,25H,1,7,12-22H2,2,4H3/t25-/m0/s1. The Labute approximate surface area is 269 Å². The highest BCUT2D eigenvalue weighted by atomic mass is 35.5. The number of benzene rings is 2. The summed E-state index contributed by atoms with van der Waals surface area (Å²) in [5.41, 5.74) is 3.17. The maximum absolute atomic E-state index is 13.8. The van der Waals surface area contributed by atoms with Crippen LogP contribution in [0.2, 0.25) is 5.02 Å². The Morgan fingerprint density at radius 3 is 2.69 bits per heavy atom. The van der Waals surface area contributed by atoms with Gasteiger partial charge in [-0.15, -0.1) is 0 Å². The molecule has 2 fully saturated rings. The predicted octanol–water partition coefficient (Wildman–Crippen LogP) is 5.52. The molecule has 1 saturated heterocycles. The lowest BCUT2D eigenvalue weighted by molar-refractivity contribution is -0.131. The van der Waals surface area contributed by atoms with Gasteiger partial charge < -0.3 is 24.3 Å². The Bertz CT molecular complexity index is 1650. The average molecular weight is 632 g/mol. The molecule has 11 heteroatoms. The molecule has 0 bridgehead atoms. The van der Waals surface area contributed by atoms with Crippen molar-refractivity contribution in [3.05, 3.63) is 76.5 Å². The van der Waals surface area contributed by atoms with E-state index in [1.807, 2.05) is 18.2 Å². The molecule has 3 heterocycles. The lowest BCUT2D eigenvalue weighted by Crippen LogP contribution is -2.57. The zero-order valence-electron chi connectivity index (χ0n) is 25.9. The summed E-state index contributed by atoms with van der Waals surface area (Å²) in [5, 5.41) is 2.80. The third kappa shape index (κ3) is 6.16. The van der Waals surface area contributed by atoms with Gasteiger partial charge in [-0.1, -0.05) is 42.4 Å². The third-order valence-corrected chi connectivity index (χ3v) is 10.1. The summed E-state index contributed by atoms with van der Waals surface area (Å²) in [5.74, 6) is -1.01. The number of carbonyl (C=O) groups is 1. The number of amides is 1. The smallest absolute Gasteiger partial charge is 0.318 e. The molecule has 3 aromatic rings. The number of piperazine rings is 1. The molecule has 0 N–H and O–H groups in total. The number of nitrogens with zero attached hydrogens (tertiary/aromatic N) is 7. The van der Waals surface area contributed by atoms with Crippen LogP contribution < -0.4 is 14.5 Å². The Kier molecular flexibility index (Phi) is 8.85. The fourth-order valence-electron chi connectivity index (χ4n) is 6.81. The van der Waals surface area contributed by atoms with Crippen LogP contribution in [0.1, 0.15) is 37.4 Å².